The highest BCUT2D eigenvalue weighted by Crippen LogP contribution is 2.30. The van der Waals surface area contributed by atoms with Gasteiger partial charge in [-0.15, -0.1) is 0 Å². The highest BCUT2D eigenvalue weighted by atomic mass is 16.2. The predicted molar refractivity (Wildman–Crippen MR) is 77.3 cm³/mol. The van der Waals surface area contributed by atoms with Gasteiger partial charge in [-0.3, -0.25) is 10.2 Å². The minimum Gasteiger partial charge on any atom is -0.316 e. The fourth-order valence-corrected chi connectivity index (χ4v) is 3.70. The van der Waals surface area contributed by atoms with Gasteiger partial charge in [0.1, 0.15) is 6.04 Å². The molecule has 3 aliphatic rings. The molecule has 3 heterocycles. The van der Waals surface area contributed by atoms with E-state index in [1.807, 2.05) is 17.0 Å². The minimum absolute atomic E-state index is 0.112. The SMILES string of the molecule is O=C(C1NNC2CCNCC21)N1CCc2ccccc21. The monoisotopic (exact) mass is 272 g/mol. The summed E-state index contributed by atoms with van der Waals surface area (Å²) in [4.78, 5) is 14.8. The van der Waals surface area contributed by atoms with Gasteiger partial charge in [0.15, 0.2) is 0 Å². The summed E-state index contributed by atoms with van der Waals surface area (Å²) in [5, 5.41) is 3.40. The van der Waals surface area contributed by atoms with Gasteiger partial charge in [0.25, 0.3) is 0 Å². The van der Waals surface area contributed by atoms with Crippen LogP contribution in [-0.2, 0) is 11.2 Å². The second kappa shape index (κ2) is 4.84. The Kier molecular flexibility index (Phi) is 2.98. The quantitative estimate of drug-likeness (QED) is 0.675. The van der Waals surface area contributed by atoms with Crippen LogP contribution in [0.4, 0.5) is 5.69 Å². The molecule has 0 aromatic heterocycles. The Hall–Kier alpha value is -1.43. The molecule has 4 rings (SSSR count). The van der Waals surface area contributed by atoms with Crippen molar-refractivity contribution in [2.45, 2.75) is 24.9 Å². The van der Waals surface area contributed by atoms with Crippen LogP contribution in [0.1, 0.15) is 12.0 Å². The standard InChI is InChI=1S/C15H20N4O/c20-15(14-11-9-16-7-5-12(11)17-18-14)19-8-6-10-3-1-2-4-13(10)19/h1-4,11-12,14,16-18H,5-9H2. The fourth-order valence-electron chi connectivity index (χ4n) is 3.70. The number of rotatable bonds is 1. The van der Waals surface area contributed by atoms with E-state index in [0.717, 1.165) is 38.2 Å². The van der Waals surface area contributed by atoms with Crippen molar-refractivity contribution in [2.75, 3.05) is 24.5 Å². The van der Waals surface area contributed by atoms with E-state index in [-0.39, 0.29) is 11.9 Å². The Balaban J connectivity index is 1.56. The highest BCUT2D eigenvalue weighted by molar-refractivity contribution is 5.99. The summed E-state index contributed by atoms with van der Waals surface area (Å²) in [5.41, 5.74) is 8.90. The number of amides is 1. The molecule has 2 saturated heterocycles. The summed E-state index contributed by atoms with van der Waals surface area (Å²) in [7, 11) is 0. The van der Waals surface area contributed by atoms with Gasteiger partial charge in [-0.2, -0.15) is 0 Å². The number of hydrogen-bond donors (Lipinski definition) is 3. The van der Waals surface area contributed by atoms with E-state index in [1.54, 1.807) is 0 Å². The molecule has 5 nitrogen and oxygen atoms in total. The average molecular weight is 272 g/mol. The number of nitrogens with one attached hydrogen (secondary N) is 3. The molecule has 20 heavy (non-hydrogen) atoms. The first-order chi connectivity index (χ1) is 9.84. The molecule has 3 N–H and O–H groups in total. The van der Waals surface area contributed by atoms with Gasteiger partial charge in [0, 0.05) is 30.7 Å². The maximum absolute atomic E-state index is 12.9. The number of anilines is 1. The van der Waals surface area contributed by atoms with Gasteiger partial charge in [-0.05, 0) is 31.0 Å². The lowest BCUT2D eigenvalue weighted by atomic mass is 9.89. The fraction of sp³-hybridized carbons (Fsp3) is 0.533. The van der Waals surface area contributed by atoms with Crippen molar-refractivity contribution in [3.8, 4) is 0 Å². The van der Waals surface area contributed by atoms with Crippen LogP contribution < -0.4 is 21.1 Å². The summed E-state index contributed by atoms with van der Waals surface area (Å²) < 4.78 is 0. The van der Waals surface area contributed by atoms with Crippen LogP contribution in [0.5, 0.6) is 0 Å². The van der Waals surface area contributed by atoms with Crippen LogP contribution in [0.15, 0.2) is 24.3 Å². The van der Waals surface area contributed by atoms with Crippen molar-refractivity contribution in [1.29, 1.82) is 0 Å². The number of carbonyl (C=O) groups is 1. The van der Waals surface area contributed by atoms with Crippen LogP contribution in [-0.4, -0.2) is 37.6 Å². The van der Waals surface area contributed by atoms with Gasteiger partial charge in [-0.1, -0.05) is 18.2 Å². The summed E-state index contributed by atoms with van der Waals surface area (Å²) in [6.07, 6.45) is 2.05. The Morgan fingerprint density at radius 1 is 1.25 bits per heavy atom. The third-order valence-corrected chi connectivity index (χ3v) is 4.80. The van der Waals surface area contributed by atoms with Crippen LogP contribution >= 0.6 is 0 Å². The van der Waals surface area contributed by atoms with Crippen molar-refractivity contribution < 1.29 is 4.79 Å². The van der Waals surface area contributed by atoms with Crippen molar-refractivity contribution in [3.63, 3.8) is 0 Å². The van der Waals surface area contributed by atoms with Crippen molar-refractivity contribution in [2.24, 2.45) is 5.92 Å². The third-order valence-electron chi connectivity index (χ3n) is 4.80. The summed E-state index contributed by atoms with van der Waals surface area (Å²) >= 11 is 0. The summed E-state index contributed by atoms with van der Waals surface area (Å²) in [6, 6.07) is 8.54. The van der Waals surface area contributed by atoms with E-state index in [4.69, 9.17) is 0 Å². The topological polar surface area (TPSA) is 56.4 Å². The second-order valence-corrected chi connectivity index (χ2v) is 5.90. The van der Waals surface area contributed by atoms with Gasteiger partial charge in [0.2, 0.25) is 5.91 Å². The van der Waals surface area contributed by atoms with Gasteiger partial charge in [-0.25, -0.2) is 5.43 Å². The molecule has 0 spiro atoms. The molecule has 2 fully saturated rings. The minimum atomic E-state index is -0.112. The molecule has 5 heteroatoms. The maximum atomic E-state index is 12.9. The van der Waals surface area contributed by atoms with Crippen molar-refractivity contribution >= 4 is 11.6 Å². The molecule has 1 aromatic rings. The van der Waals surface area contributed by atoms with E-state index >= 15 is 0 Å². The molecular formula is C15H20N4O. The molecule has 106 valence electrons. The predicted octanol–water partition coefficient (Wildman–Crippen LogP) is 0.0302. The lowest BCUT2D eigenvalue weighted by Gasteiger charge is -2.29. The molecule has 3 atom stereocenters. The van der Waals surface area contributed by atoms with Gasteiger partial charge in [0.05, 0.1) is 0 Å². The van der Waals surface area contributed by atoms with E-state index in [2.05, 4.69) is 28.3 Å². The number of para-hydroxylation sites is 1. The lowest BCUT2D eigenvalue weighted by molar-refractivity contribution is -0.121. The lowest BCUT2D eigenvalue weighted by Crippen LogP contribution is -2.50. The average Bonchev–Trinajstić information content (AvgIpc) is 3.11. The smallest absolute Gasteiger partial charge is 0.245 e. The Morgan fingerprint density at radius 2 is 2.15 bits per heavy atom. The van der Waals surface area contributed by atoms with Crippen molar-refractivity contribution in [3.05, 3.63) is 29.8 Å². The van der Waals surface area contributed by atoms with E-state index in [0.29, 0.717) is 12.0 Å². The normalized spacial score (nSPS) is 32.0. The first kappa shape index (κ1) is 12.3. The summed E-state index contributed by atoms with van der Waals surface area (Å²) in [6.45, 7) is 2.75. The molecule has 0 bridgehead atoms. The number of nitrogens with zero attached hydrogens (tertiary/aromatic N) is 1. The Bertz CT molecular complexity index is 532. The van der Waals surface area contributed by atoms with Crippen molar-refractivity contribution in [1.82, 2.24) is 16.2 Å². The molecule has 3 aliphatic heterocycles. The van der Waals surface area contributed by atoms with Gasteiger partial charge < -0.3 is 10.2 Å². The number of hydrazine groups is 1. The van der Waals surface area contributed by atoms with Gasteiger partial charge >= 0.3 is 0 Å². The van der Waals surface area contributed by atoms with E-state index in [1.165, 1.54) is 5.56 Å². The molecule has 0 aliphatic carbocycles. The Morgan fingerprint density at radius 3 is 3.10 bits per heavy atom. The summed E-state index contributed by atoms with van der Waals surface area (Å²) in [5.74, 6) is 0.558. The molecule has 1 aromatic carbocycles. The first-order valence-corrected chi connectivity index (χ1v) is 7.45. The highest BCUT2D eigenvalue weighted by Gasteiger charge is 2.43. The van der Waals surface area contributed by atoms with E-state index < -0.39 is 0 Å². The number of benzene rings is 1. The van der Waals surface area contributed by atoms with Crippen LogP contribution in [0.2, 0.25) is 0 Å². The Labute approximate surface area is 118 Å². The largest absolute Gasteiger partial charge is 0.316 e. The molecule has 0 radical (unpaired) electrons. The number of piperidine rings is 1. The zero-order valence-electron chi connectivity index (χ0n) is 11.4. The molecule has 3 unspecified atom stereocenters. The zero-order valence-corrected chi connectivity index (χ0v) is 11.4. The van der Waals surface area contributed by atoms with Crippen LogP contribution in [0, 0.1) is 5.92 Å². The first-order valence-electron chi connectivity index (χ1n) is 7.45. The molecule has 1 amide bonds. The van der Waals surface area contributed by atoms with Crippen LogP contribution in [0.25, 0.3) is 0 Å². The number of carbonyl (C=O) groups excluding carboxylic acids is 1. The maximum Gasteiger partial charge on any atom is 0.245 e. The number of fused-ring (bicyclic) bond motifs is 2. The zero-order chi connectivity index (χ0) is 13.5. The second-order valence-electron chi connectivity index (χ2n) is 5.90. The molecular weight excluding hydrogens is 252 g/mol. The van der Waals surface area contributed by atoms with E-state index in [9.17, 15) is 4.79 Å². The molecule has 0 saturated carbocycles. The van der Waals surface area contributed by atoms with Crippen LogP contribution in [0.3, 0.4) is 0 Å². The number of hydrogen-bond acceptors (Lipinski definition) is 4. The third kappa shape index (κ3) is 1.85.